The number of carbonyl (C=O) groups is 2. The van der Waals surface area contributed by atoms with Crippen LogP contribution >= 0.6 is 0 Å². The van der Waals surface area contributed by atoms with E-state index in [0.29, 0.717) is 25.0 Å². The molecule has 3 aromatic carbocycles. The van der Waals surface area contributed by atoms with Gasteiger partial charge in [-0.1, -0.05) is 66.7 Å². The number of carbonyl (C=O) groups excluding carboxylic acids is 2. The van der Waals surface area contributed by atoms with Crippen LogP contribution in [0.15, 0.2) is 78.9 Å². The van der Waals surface area contributed by atoms with Crippen LogP contribution in [0.5, 0.6) is 5.75 Å². The number of aliphatic hydroxyl groups excluding tert-OH is 3. The first-order chi connectivity index (χ1) is 21.4. The molecule has 3 aromatic rings. The highest BCUT2D eigenvalue weighted by atomic mass is 16.6. The lowest BCUT2D eigenvalue weighted by atomic mass is 9.88. The van der Waals surface area contributed by atoms with Gasteiger partial charge in [-0.05, 0) is 53.6 Å². The summed E-state index contributed by atoms with van der Waals surface area (Å²) in [5.41, 5.74) is 3.60. The first-order valence-corrected chi connectivity index (χ1v) is 14.9. The van der Waals surface area contributed by atoms with Gasteiger partial charge in [0.1, 0.15) is 19.0 Å². The van der Waals surface area contributed by atoms with Crippen LogP contribution in [0.1, 0.15) is 34.7 Å². The van der Waals surface area contributed by atoms with Gasteiger partial charge in [0, 0.05) is 19.4 Å². The minimum Gasteiger partial charge on any atom is -0.491 e. The van der Waals surface area contributed by atoms with Crippen LogP contribution in [-0.4, -0.2) is 79.1 Å². The molecule has 0 radical (unpaired) electrons. The number of rotatable bonds is 16. The van der Waals surface area contributed by atoms with Crippen molar-refractivity contribution < 1.29 is 39.1 Å². The second-order valence-corrected chi connectivity index (χ2v) is 10.9. The standard InChI is InChI=1S/C34H42N2O8/c1-42-17-18-44-34(41)35-29(20-23-7-3-2-4-8-23)30(38)22-26(19-24-11-13-27(14-12-24)43-16-15-37)33(40)36-32-28-10-6-5-9-25(28)21-31(32)39/h2-14,26,29-32,37-39H,15-22H2,1H3,(H,35,41)(H,36,40)/t26-,29+,30+,31-,32+/m1/s1. The minimum atomic E-state index is -1.10. The van der Waals surface area contributed by atoms with Gasteiger partial charge in [0.2, 0.25) is 5.91 Å². The van der Waals surface area contributed by atoms with E-state index in [1.165, 1.54) is 7.11 Å². The minimum absolute atomic E-state index is 0.0366. The van der Waals surface area contributed by atoms with Crippen LogP contribution in [0.3, 0.4) is 0 Å². The molecule has 0 aliphatic heterocycles. The number of hydrogen-bond donors (Lipinski definition) is 5. The summed E-state index contributed by atoms with van der Waals surface area (Å²) in [6.07, 6.45) is -1.46. The molecule has 44 heavy (non-hydrogen) atoms. The first-order valence-electron chi connectivity index (χ1n) is 14.9. The van der Waals surface area contributed by atoms with E-state index in [2.05, 4.69) is 10.6 Å². The van der Waals surface area contributed by atoms with Crippen LogP contribution in [0.4, 0.5) is 4.79 Å². The monoisotopic (exact) mass is 606 g/mol. The van der Waals surface area contributed by atoms with E-state index < -0.39 is 36.3 Å². The Morgan fingerprint density at radius 3 is 2.34 bits per heavy atom. The molecule has 0 bridgehead atoms. The SMILES string of the molecule is COCCOC(=O)N[C@@H](Cc1ccccc1)[C@@H](O)C[C@@H](Cc1ccc(OCCO)cc1)C(=O)N[C@H]1c2ccccc2C[C@H]1O. The summed E-state index contributed by atoms with van der Waals surface area (Å²) in [6.45, 7) is 0.369. The fourth-order valence-corrected chi connectivity index (χ4v) is 5.49. The molecule has 0 spiro atoms. The van der Waals surface area contributed by atoms with E-state index in [-0.39, 0.29) is 38.8 Å². The predicted molar refractivity (Wildman–Crippen MR) is 164 cm³/mol. The molecule has 236 valence electrons. The molecule has 5 atom stereocenters. The van der Waals surface area contributed by atoms with Crippen molar-refractivity contribution in [3.8, 4) is 5.75 Å². The van der Waals surface area contributed by atoms with Crippen molar-refractivity contribution in [2.75, 3.05) is 33.5 Å². The smallest absolute Gasteiger partial charge is 0.407 e. The molecule has 0 aromatic heterocycles. The number of benzene rings is 3. The summed E-state index contributed by atoms with van der Waals surface area (Å²) in [5.74, 6) is -0.418. The van der Waals surface area contributed by atoms with Gasteiger partial charge in [-0.25, -0.2) is 4.79 Å². The third-order valence-corrected chi connectivity index (χ3v) is 7.75. The van der Waals surface area contributed by atoms with Gasteiger partial charge < -0.3 is 40.2 Å². The fourth-order valence-electron chi connectivity index (χ4n) is 5.49. The lowest BCUT2D eigenvalue weighted by Crippen LogP contribution is -2.47. The largest absolute Gasteiger partial charge is 0.491 e. The van der Waals surface area contributed by atoms with Crippen LogP contribution in [-0.2, 0) is 33.5 Å². The van der Waals surface area contributed by atoms with E-state index in [4.69, 9.17) is 19.3 Å². The molecule has 10 heteroatoms. The molecular weight excluding hydrogens is 564 g/mol. The van der Waals surface area contributed by atoms with Crippen molar-refractivity contribution in [3.63, 3.8) is 0 Å². The predicted octanol–water partition coefficient (Wildman–Crippen LogP) is 2.73. The van der Waals surface area contributed by atoms with E-state index in [9.17, 15) is 19.8 Å². The summed E-state index contributed by atoms with van der Waals surface area (Å²) >= 11 is 0. The van der Waals surface area contributed by atoms with E-state index in [1.807, 2.05) is 66.7 Å². The van der Waals surface area contributed by atoms with E-state index >= 15 is 0 Å². The zero-order chi connectivity index (χ0) is 31.3. The van der Waals surface area contributed by atoms with Gasteiger partial charge in [-0.15, -0.1) is 0 Å². The Morgan fingerprint density at radius 1 is 0.909 bits per heavy atom. The third-order valence-electron chi connectivity index (χ3n) is 7.75. The molecule has 0 saturated heterocycles. The Kier molecular flexibility index (Phi) is 12.6. The average molecular weight is 607 g/mol. The maximum atomic E-state index is 13.9. The number of aliphatic hydroxyl groups is 3. The molecule has 4 rings (SSSR count). The molecule has 10 nitrogen and oxygen atoms in total. The van der Waals surface area contributed by atoms with Crippen LogP contribution in [0.25, 0.3) is 0 Å². The molecule has 0 heterocycles. The Bertz CT molecular complexity index is 1320. The normalized spacial score (nSPS) is 17.6. The second-order valence-electron chi connectivity index (χ2n) is 10.9. The molecule has 1 aliphatic rings. The molecule has 0 fully saturated rings. The number of methoxy groups -OCH3 is 1. The van der Waals surface area contributed by atoms with Crippen molar-refractivity contribution in [2.24, 2.45) is 5.92 Å². The molecule has 1 aliphatic carbocycles. The Morgan fingerprint density at radius 2 is 1.61 bits per heavy atom. The highest BCUT2D eigenvalue weighted by Crippen LogP contribution is 2.32. The highest BCUT2D eigenvalue weighted by Gasteiger charge is 2.35. The Hall–Kier alpha value is -3.96. The lowest BCUT2D eigenvalue weighted by molar-refractivity contribution is -0.127. The van der Waals surface area contributed by atoms with Crippen LogP contribution in [0, 0.1) is 5.92 Å². The molecule has 2 amide bonds. The number of nitrogens with one attached hydrogen (secondary N) is 2. The van der Waals surface area contributed by atoms with Gasteiger partial charge in [0.25, 0.3) is 0 Å². The van der Waals surface area contributed by atoms with Crippen LogP contribution < -0.4 is 15.4 Å². The first kappa shape index (κ1) is 32.9. The second kappa shape index (κ2) is 16.8. The van der Waals surface area contributed by atoms with Crippen LogP contribution in [0.2, 0.25) is 0 Å². The quantitative estimate of drug-likeness (QED) is 0.157. The fraction of sp³-hybridized carbons (Fsp3) is 0.412. The van der Waals surface area contributed by atoms with Gasteiger partial charge in [0.05, 0.1) is 37.5 Å². The maximum Gasteiger partial charge on any atom is 0.407 e. The van der Waals surface area contributed by atoms with Crippen molar-refractivity contribution in [1.29, 1.82) is 0 Å². The summed E-state index contributed by atoms with van der Waals surface area (Å²) in [6, 6.07) is 23.0. The van der Waals surface area contributed by atoms with Gasteiger partial charge in [0.15, 0.2) is 0 Å². The number of fused-ring (bicyclic) bond motifs is 1. The number of hydrogen-bond acceptors (Lipinski definition) is 8. The number of ether oxygens (including phenoxy) is 3. The maximum absolute atomic E-state index is 13.9. The zero-order valence-corrected chi connectivity index (χ0v) is 24.9. The lowest BCUT2D eigenvalue weighted by Gasteiger charge is -2.28. The highest BCUT2D eigenvalue weighted by molar-refractivity contribution is 5.80. The van der Waals surface area contributed by atoms with Gasteiger partial charge in [-0.3, -0.25) is 4.79 Å². The average Bonchev–Trinajstić information content (AvgIpc) is 3.35. The van der Waals surface area contributed by atoms with E-state index in [0.717, 1.165) is 22.3 Å². The summed E-state index contributed by atoms with van der Waals surface area (Å²) < 4.78 is 15.6. The van der Waals surface area contributed by atoms with Crippen molar-refractivity contribution in [3.05, 3.63) is 101 Å². The summed E-state index contributed by atoms with van der Waals surface area (Å²) in [4.78, 5) is 26.5. The molecule has 0 unspecified atom stereocenters. The molecule has 5 N–H and O–H groups in total. The number of alkyl carbamates (subject to hydrolysis) is 1. The van der Waals surface area contributed by atoms with Gasteiger partial charge in [-0.2, -0.15) is 0 Å². The summed E-state index contributed by atoms with van der Waals surface area (Å²) in [5, 5.41) is 37.2. The molecule has 0 saturated carbocycles. The van der Waals surface area contributed by atoms with Gasteiger partial charge >= 0.3 is 6.09 Å². The summed E-state index contributed by atoms with van der Waals surface area (Å²) in [7, 11) is 1.51. The van der Waals surface area contributed by atoms with E-state index in [1.54, 1.807) is 12.1 Å². The van der Waals surface area contributed by atoms with Crippen molar-refractivity contribution in [2.45, 2.75) is 50.0 Å². The Labute approximate surface area is 258 Å². The number of amides is 2. The van der Waals surface area contributed by atoms with Crippen molar-refractivity contribution in [1.82, 2.24) is 10.6 Å². The zero-order valence-electron chi connectivity index (χ0n) is 24.9. The van der Waals surface area contributed by atoms with Crippen molar-refractivity contribution >= 4 is 12.0 Å². The third kappa shape index (κ3) is 9.52. The Balaban J connectivity index is 1.54. The topological polar surface area (TPSA) is 147 Å². The molecular formula is C34H42N2O8.